The van der Waals surface area contributed by atoms with Crippen LogP contribution < -0.4 is 5.32 Å². The molecule has 1 aromatic heterocycles. The molecule has 1 aliphatic carbocycles. The van der Waals surface area contributed by atoms with Gasteiger partial charge in [0.05, 0.1) is 6.07 Å². The molecule has 1 saturated carbocycles. The van der Waals surface area contributed by atoms with Gasteiger partial charge in [0.1, 0.15) is 9.88 Å². The number of nitriles is 1. The average molecular weight is 295 g/mol. The molecule has 5 heteroatoms. The van der Waals surface area contributed by atoms with Crippen LogP contribution in [0.15, 0.2) is 9.72 Å². The zero-order valence-corrected chi connectivity index (χ0v) is 13.4. The maximum Gasteiger partial charge on any atom is 0.150 e. The van der Waals surface area contributed by atoms with Crippen molar-refractivity contribution in [3.05, 3.63) is 11.1 Å². The largest absolute Gasteiger partial charge is 0.297 e. The third-order valence-corrected chi connectivity index (χ3v) is 5.71. The molecule has 0 saturated heterocycles. The second kappa shape index (κ2) is 6.25. The second-order valence-electron chi connectivity index (χ2n) is 5.58. The monoisotopic (exact) mass is 295 g/mol. The van der Waals surface area contributed by atoms with Crippen molar-refractivity contribution in [3.8, 4) is 6.07 Å². The van der Waals surface area contributed by atoms with Gasteiger partial charge < -0.3 is 0 Å². The van der Waals surface area contributed by atoms with Crippen molar-refractivity contribution < 1.29 is 0 Å². The molecular formula is C14H21N3S2. The summed E-state index contributed by atoms with van der Waals surface area (Å²) in [6.07, 6.45) is 4.20. The van der Waals surface area contributed by atoms with Crippen LogP contribution in [0.1, 0.15) is 45.2 Å². The van der Waals surface area contributed by atoms with Crippen LogP contribution in [0.4, 0.5) is 0 Å². The molecule has 1 aromatic rings. The maximum atomic E-state index is 9.54. The van der Waals surface area contributed by atoms with Crippen molar-refractivity contribution in [1.82, 2.24) is 10.3 Å². The Morgan fingerprint density at radius 1 is 1.63 bits per heavy atom. The van der Waals surface area contributed by atoms with E-state index in [1.165, 1.54) is 6.42 Å². The Balaban J connectivity index is 2.02. The van der Waals surface area contributed by atoms with E-state index >= 15 is 0 Å². The summed E-state index contributed by atoms with van der Waals surface area (Å²) in [6.45, 7) is 6.25. The summed E-state index contributed by atoms with van der Waals surface area (Å²) < 4.78 is 1.14. The zero-order valence-electron chi connectivity index (χ0n) is 11.8. The molecule has 1 N–H and O–H groups in total. The molecule has 19 heavy (non-hydrogen) atoms. The van der Waals surface area contributed by atoms with E-state index in [1.807, 2.05) is 18.7 Å². The SMILES string of the molecule is Cc1csc(SC2CCCC(C#N)(NC(C)C)C2)n1. The van der Waals surface area contributed by atoms with Crippen LogP contribution in [0, 0.1) is 18.3 Å². The molecule has 0 aliphatic heterocycles. The van der Waals surface area contributed by atoms with Gasteiger partial charge in [-0.25, -0.2) is 4.98 Å². The van der Waals surface area contributed by atoms with Gasteiger partial charge in [-0.15, -0.1) is 11.3 Å². The summed E-state index contributed by atoms with van der Waals surface area (Å²) in [5.74, 6) is 0. The predicted molar refractivity (Wildman–Crippen MR) is 81.6 cm³/mol. The van der Waals surface area contributed by atoms with E-state index < -0.39 is 0 Å². The van der Waals surface area contributed by atoms with E-state index in [4.69, 9.17) is 0 Å². The minimum Gasteiger partial charge on any atom is -0.297 e. The van der Waals surface area contributed by atoms with Crippen molar-refractivity contribution in [3.63, 3.8) is 0 Å². The molecule has 1 heterocycles. The summed E-state index contributed by atoms with van der Waals surface area (Å²) in [5, 5.41) is 15.6. The Labute approximate surface area is 123 Å². The van der Waals surface area contributed by atoms with Crippen LogP contribution in [-0.4, -0.2) is 21.8 Å². The van der Waals surface area contributed by atoms with Crippen molar-refractivity contribution in [1.29, 1.82) is 5.26 Å². The van der Waals surface area contributed by atoms with Crippen LogP contribution in [0.5, 0.6) is 0 Å². The van der Waals surface area contributed by atoms with Crippen LogP contribution in [-0.2, 0) is 0 Å². The Morgan fingerprint density at radius 2 is 2.42 bits per heavy atom. The molecule has 3 nitrogen and oxygen atoms in total. The zero-order chi connectivity index (χ0) is 13.9. The topological polar surface area (TPSA) is 48.7 Å². The minimum atomic E-state index is -0.337. The molecule has 1 aliphatic rings. The van der Waals surface area contributed by atoms with Gasteiger partial charge in [-0.1, -0.05) is 11.8 Å². The molecule has 2 rings (SSSR count). The Hall–Kier alpha value is -0.570. The summed E-state index contributed by atoms with van der Waals surface area (Å²) >= 11 is 3.56. The predicted octanol–water partition coefficient (Wildman–Crippen LogP) is 3.75. The fourth-order valence-corrected chi connectivity index (χ4v) is 5.10. The third kappa shape index (κ3) is 3.95. The fourth-order valence-electron chi connectivity index (χ4n) is 2.67. The first kappa shape index (κ1) is 14.8. The van der Waals surface area contributed by atoms with Crippen molar-refractivity contribution in [2.75, 3.05) is 0 Å². The quantitative estimate of drug-likeness (QED) is 0.919. The van der Waals surface area contributed by atoms with Gasteiger partial charge >= 0.3 is 0 Å². The molecule has 1 fully saturated rings. The number of hydrogen-bond acceptors (Lipinski definition) is 5. The lowest BCUT2D eigenvalue weighted by molar-refractivity contribution is 0.284. The first-order valence-corrected chi connectivity index (χ1v) is 8.57. The fraction of sp³-hybridized carbons (Fsp3) is 0.714. The molecule has 0 aromatic carbocycles. The van der Waals surface area contributed by atoms with E-state index in [-0.39, 0.29) is 5.54 Å². The first-order chi connectivity index (χ1) is 9.03. The highest BCUT2D eigenvalue weighted by Crippen LogP contribution is 2.39. The van der Waals surface area contributed by atoms with Gasteiger partial charge in [-0.05, 0) is 46.5 Å². The number of aryl methyl sites for hydroxylation is 1. The van der Waals surface area contributed by atoms with Crippen molar-refractivity contribution in [2.45, 2.75) is 67.6 Å². The summed E-state index contributed by atoms with van der Waals surface area (Å²) in [6, 6.07) is 2.88. The van der Waals surface area contributed by atoms with E-state index in [0.717, 1.165) is 29.3 Å². The molecule has 2 unspecified atom stereocenters. The van der Waals surface area contributed by atoms with Crippen LogP contribution in [0.25, 0.3) is 0 Å². The lowest BCUT2D eigenvalue weighted by Crippen LogP contribution is -2.51. The highest BCUT2D eigenvalue weighted by molar-refractivity contribution is 8.01. The third-order valence-electron chi connectivity index (χ3n) is 3.35. The van der Waals surface area contributed by atoms with Crippen molar-refractivity contribution in [2.24, 2.45) is 0 Å². The lowest BCUT2D eigenvalue weighted by Gasteiger charge is -2.37. The number of hydrogen-bond donors (Lipinski definition) is 1. The number of aromatic nitrogens is 1. The average Bonchev–Trinajstić information content (AvgIpc) is 2.74. The minimum absolute atomic E-state index is 0.337. The smallest absolute Gasteiger partial charge is 0.150 e. The standard InChI is InChI=1S/C14H21N3S2/c1-10(2)17-14(9-15)6-4-5-12(7-14)19-13-16-11(3)8-18-13/h8,10,12,17H,4-7H2,1-3H3. The van der Waals surface area contributed by atoms with E-state index in [9.17, 15) is 5.26 Å². The molecule has 0 radical (unpaired) electrons. The molecule has 104 valence electrons. The Kier molecular flexibility index (Phi) is 4.88. The van der Waals surface area contributed by atoms with E-state index in [0.29, 0.717) is 11.3 Å². The Bertz CT molecular complexity index is 464. The van der Waals surface area contributed by atoms with Gasteiger partial charge in [0.15, 0.2) is 0 Å². The van der Waals surface area contributed by atoms with Crippen molar-refractivity contribution >= 4 is 23.1 Å². The van der Waals surface area contributed by atoms with Gasteiger partial charge in [-0.3, -0.25) is 5.32 Å². The van der Waals surface area contributed by atoms with Crippen LogP contribution in [0.2, 0.25) is 0 Å². The summed E-state index contributed by atoms with van der Waals surface area (Å²) in [5.41, 5.74) is 0.756. The van der Waals surface area contributed by atoms with Gasteiger partial charge in [-0.2, -0.15) is 5.26 Å². The number of nitrogens with one attached hydrogen (secondary N) is 1. The molecular weight excluding hydrogens is 274 g/mol. The van der Waals surface area contributed by atoms with Crippen LogP contribution >= 0.6 is 23.1 Å². The Morgan fingerprint density at radius 3 is 3.00 bits per heavy atom. The highest BCUT2D eigenvalue weighted by Gasteiger charge is 2.37. The second-order valence-corrected chi connectivity index (χ2v) is 7.99. The van der Waals surface area contributed by atoms with E-state index in [2.05, 4.69) is 35.6 Å². The normalized spacial score (nSPS) is 27.4. The molecule has 2 atom stereocenters. The molecule has 0 amide bonds. The maximum absolute atomic E-state index is 9.54. The summed E-state index contributed by atoms with van der Waals surface area (Å²) in [7, 11) is 0. The first-order valence-electron chi connectivity index (χ1n) is 6.81. The lowest BCUT2D eigenvalue weighted by atomic mass is 9.82. The van der Waals surface area contributed by atoms with Gasteiger partial charge in [0.2, 0.25) is 0 Å². The molecule has 0 spiro atoms. The number of thioether (sulfide) groups is 1. The number of nitrogens with zero attached hydrogens (tertiary/aromatic N) is 2. The highest BCUT2D eigenvalue weighted by atomic mass is 32.2. The summed E-state index contributed by atoms with van der Waals surface area (Å²) in [4.78, 5) is 4.52. The molecule has 0 bridgehead atoms. The van der Waals surface area contributed by atoms with Gasteiger partial charge in [0.25, 0.3) is 0 Å². The van der Waals surface area contributed by atoms with E-state index in [1.54, 1.807) is 11.3 Å². The number of thiazole rings is 1. The van der Waals surface area contributed by atoms with Crippen LogP contribution in [0.3, 0.4) is 0 Å². The van der Waals surface area contributed by atoms with Gasteiger partial charge in [0, 0.05) is 22.4 Å². The number of rotatable bonds is 4.